The molecule has 0 radical (unpaired) electrons. The van der Waals surface area contributed by atoms with Crippen molar-refractivity contribution in [2.24, 2.45) is 12.9 Å². The second kappa shape index (κ2) is 5.44. The summed E-state index contributed by atoms with van der Waals surface area (Å²) in [5.74, 6) is 5.64. The molecule has 1 atom stereocenters. The minimum atomic E-state index is 0.224. The predicted molar refractivity (Wildman–Crippen MR) is 70.6 cm³/mol. The van der Waals surface area contributed by atoms with E-state index in [1.54, 1.807) is 11.3 Å². The average molecular weight is 250 g/mol. The average Bonchev–Trinajstić information content (AvgIpc) is 2.90. The van der Waals surface area contributed by atoms with Crippen molar-refractivity contribution >= 4 is 11.3 Å². The number of aromatic nitrogens is 2. The summed E-state index contributed by atoms with van der Waals surface area (Å²) in [6, 6.07) is 0.224. The summed E-state index contributed by atoms with van der Waals surface area (Å²) in [4.78, 5) is 0. The Labute approximate surface area is 105 Å². The molecular formula is C12H18N4S. The van der Waals surface area contributed by atoms with E-state index >= 15 is 0 Å². The lowest BCUT2D eigenvalue weighted by Gasteiger charge is -2.15. The number of aryl methyl sites for hydroxylation is 3. The van der Waals surface area contributed by atoms with Crippen LogP contribution in [-0.4, -0.2) is 9.78 Å². The van der Waals surface area contributed by atoms with Crippen LogP contribution in [0.15, 0.2) is 23.2 Å². The topological polar surface area (TPSA) is 55.9 Å². The molecular weight excluding hydrogens is 232 g/mol. The van der Waals surface area contributed by atoms with E-state index in [0.717, 1.165) is 12.8 Å². The standard InChI is InChI=1S/C12H18N4S/c1-9-7-17-8-11(9)12(15-13)4-3-10-5-14-16(2)6-10/h5-8,12,15H,3-4,13H2,1-2H3. The van der Waals surface area contributed by atoms with Gasteiger partial charge >= 0.3 is 0 Å². The molecule has 0 saturated heterocycles. The van der Waals surface area contributed by atoms with Crippen molar-refractivity contribution in [1.29, 1.82) is 0 Å². The van der Waals surface area contributed by atoms with Crippen molar-refractivity contribution in [1.82, 2.24) is 15.2 Å². The molecule has 0 aliphatic carbocycles. The van der Waals surface area contributed by atoms with E-state index in [2.05, 4.69) is 28.2 Å². The summed E-state index contributed by atoms with van der Waals surface area (Å²) >= 11 is 1.72. The fourth-order valence-corrected chi connectivity index (χ4v) is 2.87. The lowest BCUT2D eigenvalue weighted by atomic mass is 10.0. The Hall–Kier alpha value is -1.17. The molecule has 92 valence electrons. The normalized spacial score (nSPS) is 12.9. The Morgan fingerprint density at radius 1 is 1.53 bits per heavy atom. The lowest BCUT2D eigenvalue weighted by Crippen LogP contribution is -2.28. The third-order valence-corrected chi connectivity index (χ3v) is 3.83. The zero-order chi connectivity index (χ0) is 12.3. The number of rotatable bonds is 5. The molecule has 0 amide bonds. The Kier molecular flexibility index (Phi) is 3.93. The number of thiophene rings is 1. The van der Waals surface area contributed by atoms with Crippen LogP contribution in [0.3, 0.4) is 0 Å². The number of hydrogen-bond acceptors (Lipinski definition) is 4. The van der Waals surface area contributed by atoms with Gasteiger partial charge in [0.2, 0.25) is 0 Å². The highest BCUT2D eigenvalue weighted by Crippen LogP contribution is 2.24. The van der Waals surface area contributed by atoms with Gasteiger partial charge in [-0.25, -0.2) is 0 Å². The molecule has 4 nitrogen and oxygen atoms in total. The van der Waals surface area contributed by atoms with Crippen LogP contribution in [0.1, 0.15) is 29.2 Å². The van der Waals surface area contributed by atoms with Gasteiger partial charge in [-0.3, -0.25) is 16.0 Å². The summed E-state index contributed by atoms with van der Waals surface area (Å²) in [5.41, 5.74) is 6.77. The highest BCUT2D eigenvalue weighted by Gasteiger charge is 2.13. The molecule has 0 aromatic carbocycles. The second-order valence-corrected chi connectivity index (χ2v) is 5.03. The van der Waals surface area contributed by atoms with Gasteiger partial charge in [0.15, 0.2) is 0 Å². The van der Waals surface area contributed by atoms with Gasteiger partial charge < -0.3 is 0 Å². The lowest BCUT2D eigenvalue weighted by molar-refractivity contribution is 0.515. The Bertz CT molecular complexity index is 474. The fourth-order valence-electron chi connectivity index (χ4n) is 1.97. The fraction of sp³-hybridized carbons (Fsp3) is 0.417. The van der Waals surface area contributed by atoms with Gasteiger partial charge in [-0.1, -0.05) is 0 Å². The van der Waals surface area contributed by atoms with Crippen LogP contribution >= 0.6 is 11.3 Å². The van der Waals surface area contributed by atoms with Crippen LogP contribution in [-0.2, 0) is 13.5 Å². The van der Waals surface area contributed by atoms with Gasteiger partial charge in [0.1, 0.15) is 0 Å². The molecule has 0 spiro atoms. The Morgan fingerprint density at radius 2 is 2.35 bits per heavy atom. The first-order valence-electron chi connectivity index (χ1n) is 5.67. The molecule has 17 heavy (non-hydrogen) atoms. The monoisotopic (exact) mass is 250 g/mol. The second-order valence-electron chi connectivity index (χ2n) is 4.29. The quantitative estimate of drug-likeness (QED) is 0.630. The molecule has 0 aliphatic heterocycles. The third kappa shape index (κ3) is 2.94. The third-order valence-electron chi connectivity index (χ3n) is 2.95. The van der Waals surface area contributed by atoms with Crippen LogP contribution in [0.5, 0.6) is 0 Å². The largest absolute Gasteiger partial charge is 0.276 e. The molecule has 0 fully saturated rings. The van der Waals surface area contributed by atoms with Crippen LogP contribution in [0.4, 0.5) is 0 Å². The van der Waals surface area contributed by atoms with E-state index in [4.69, 9.17) is 5.84 Å². The van der Waals surface area contributed by atoms with Crippen molar-refractivity contribution in [3.8, 4) is 0 Å². The van der Waals surface area contributed by atoms with Crippen molar-refractivity contribution in [3.63, 3.8) is 0 Å². The summed E-state index contributed by atoms with van der Waals surface area (Å²) in [6.45, 7) is 2.13. The molecule has 0 saturated carbocycles. The molecule has 0 bridgehead atoms. The number of nitrogens with one attached hydrogen (secondary N) is 1. The summed E-state index contributed by atoms with van der Waals surface area (Å²) in [6.07, 6.45) is 5.93. The smallest absolute Gasteiger partial charge is 0.0521 e. The van der Waals surface area contributed by atoms with Gasteiger partial charge in [-0.05, 0) is 47.2 Å². The maximum atomic E-state index is 5.64. The van der Waals surface area contributed by atoms with E-state index in [0.29, 0.717) is 0 Å². The molecule has 2 aromatic rings. The van der Waals surface area contributed by atoms with Gasteiger partial charge in [0, 0.05) is 19.3 Å². The van der Waals surface area contributed by atoms with E-state index < -0.39 is 0 Å². The van der Waals surface area contributed by atoms with Crippen molar-refractivity contribution in [2.75, 3.05) is 0 Å². The van der Waals surface area contributed by atoms with Crippen LogP contribution in [0, 0.1) is 6.92 Å². The SMILES string of the molecule is Cc1cscc1C(CCc1cnn(C)c1)NN. The van der Waals surface area contributed by atoms with Gasteiger partial charge in [-0.15, -0.1) is 0 Å². The molecule has 2 aromatic heterocycles. The number of hydrazine groups is 1. The first-order valence-corrected chi connectivity index (χ1v) is 6.61. The van der Waals surface area contributed by atoms with Crippen LogP contribution in [0.25, 0.3) is 0 Å². The molecule has 5 heteroatoms. The van der Waals surface area contributed by atoms with E-state index in [1.807, 2.05) is 24.1 Å². The van der Waals surface area contributed by atoms with E-state index in [9.17, 15) is 0 Å². The van der Waals surface area contributed by atoms with E-state index in [-0.39, 0.29) is 6.04 Å². The van der Waals surface area contributed by atoms with Crippen molar-refractivity contribution < 1.29 is 0 Å². The predicted octanol–water partition coefficient (Wildman–Crippen LogP) is 1.93. The minimum Gasteiger partial charge on any atom is -0.276 e. The van der Waals surface area contributed by atoms with Crippen molar-refractivity contribution in [3.05, 3.63) is 39.8 Å². The number of hydrogen-bond donors (Lipinski definition) is 2. The summed E-state index contributed by atoms with van der Waals surface area (Å²) < 4.78 is 1.83. The zero-order valence-electron chi connectivity index (χ0n) is 10.2. The van der Waals surface area contributed by atoms with Crippen LogP contribution in [0.2, 0.25) is 0 Å². The van der Waals surface area contributed by atoms with Gasteiger partial charge in [-0.2, -0.15) is 16.4 Å². The maximum Gasteiger partial charge on any atom is 0.0521 e. The first-order chi connectivity index (χ1) is 8.20. The maximum absolute atomic E-state index is 5.64. The Balaban J connectivity index is 1.99. The molecule has 3 N–H and O–H groups in total. The zero-order valence-corrected chi connectivity index (χ0v) is 11.0. The highest BCUT2D eigenvalue weighted by atomic mass is 32.1. The molecule has 1 unspecified atom stereocenters. The number of nitrogens with zero attached hydrogens (tertiary/aromatic N) is 2. The summed E-state index contributed by atoms with van der Waals surface area (Å²) in [5, 5.41) is 8.49. The highest BCUT2D eigenvalue weighted by molar-refractivity contribution is 7.08. The molecule has 2 rings (SSSR count). The first kappa shape index (κ1) is 12.3. The van der Waals surface area contributed by atoms with Gasteiger partial charge in [0.25, 0.3) is 0 Å². The molecule has 0 aliphatic rings. The van der Waals surface area contributed by atoms with Crippen molar-refractivity contribution in [2.45, 2.75) is 25.8 Å². The Morgan fingerprint density at radius 3 is 2.88 bits per heavy atom. The molecule has 2 heterocycles. The van der Waals surface area contributed by atoms with Gasteiger partial charge in [0.05, 0.1) is 6.20 Å². The summed E-state index contributed by atoms with van der Waals surface area (Å²) in [7, 11) is 1.94. The van der Waals surface area contributed by atoms with Crippen LogP contribution < -0.4 is 11.3 Å². The van der Waals surface area contributed by atoms with E-state index in [1.165, 1.54) is 16.7 Å². The minimum absolute atomic E-state index is 0.224. The number of nitrogens with two attached hydrogens (primary N) is 1.